The molecule has 108 valence electrons. The monoisotopic (exact) mass is 337 g/mol. The molecule has 20 heavy (non-hydrogen) atoms. The highest BCUT2D eigenvalue weighted by Crippen LogP contribution is 2.30. The van der Waals surface area contributed by atoms with Crippen molar-refractivity contribution in [2.75, 3.05) is 18.4 Å². The number of piperidine rings is 1. The molecule has 2 N–H and O–H groups in total. The topological polar surface area (TPSA) is 54.2 Å². The van der Waals surface area contributed by atoms with E-state index in [4.69, 9.17) is 0 Å². The Bertz CT molecular complexity index is 607. The number of aromatic nitrogens is 3. The number of hydrogen-bond donors (Lipinski definition) is 2. The molecule has 1 aliphatic rings. The van der Waals surface area contributed by atoms with Crippen molar-refractivity contribution < 1.29 is 0 Å². The maximum Gasteiger partial charge on any atom is 0.243 e. The zero-order chi connectivity index (χ0) is 14.2. The van der Waals surface area contributed by atoms with Crippen molar-refractivity contribution >= 4 is 27.5 Å². The number of fused-ring (bicyclic) bond motifs is 1. The van der Waals surface area contributed by atoms with E-state index in [1.807, 2.05) is 18.3 Å². The Morgan fingerprint density at radius 3 is 3.15 bits per heavy atom. The van der Waals surface area contributed by atoms with Gasteiger partial charge in [0.2, 0.25) is 5.95 Å². The average Bonchev–Trinajstić information content (AvgIpc) is 2.81. The molecule has 3 rings (SSSR count). The molecule has 1 unspecified atom stereocenters. The van der Waals surface area contributed by atoms with Gasteiger partial charge in [-0.05, 0) is 52.9 Å². The maximum atomic E-state index is 4.51. The fourth-order valence-electron chi connectivity index (χ4n) is 2.76. The zero-order valence-corrected chi connectivity index (χ0v) is 13.4. The quantitative estimate of drug-likeness (QED) is 0.904. The smallest absolute Gasteiger partial charge is 0.243 e. The number of rotatable bonds is 3. The summed E-state index contributed by atoms with van der Waals surface area (Å²) in [4.78, 5) is 4.51. The minimum atomic E-state index is 0.311. The lowest BCUT2D eigenvalue weighted by atomic mass is 9.77. The molecule has 0 aromatic carbocycles. The molecule has 1 atom stereocenters. The van der Waals surface area contributed by atoms with Gasteiger partial charge in [-0.2, -0.15) is 4.98 Å². The van der Waals surface area contributed by atoms with Crippen molar-refractivity contribution in [2.24, 2.45) is 5.41 Å². The first kappa shape index (κ1) is 13.8. The second kappa shape index (κ2) is 5.33. The number of halogens is 1. The molecule has 1 aliphatic heterocycles. The predicted octanol–water partition coefficient (Wildman–Crippen LogP) is 2.68. The Labute approximate surface area is 127 Å². The number of anilines is 1. The van der Waals surface area contributed by atoms with Crippen LogP contribution in [0.15, 0.2) is 22.8 Å². The van der Waals surface area contributed by atoms with Crippen LogP contribution in [-0.4, -0.2) is 33.7 Å². The summed E-state index contributed by atoms with van der Waals surface area (Å²) < 4.78 is 2.74. The summed E-state index contributed by atoms with van der Waals surface area (Å²) in [5, 5.41) is 11.4. The van der Waals surface area contributed by atoms with Gasteiger partial charge in [0.05, 0.1) is 4.47 Å². The third-order valence-electron chi connectivity index (χ3n) is 4.11. The predicted molar refractivity (Wildman–Crippen MR) is 84.0 cm³/mol. The molecule has 0 saturated carbocycles. The molecule has 0 bridgehead atoms. The van der Waals surface area contributed by atoms with E-state index >= 15 is 0 Å². The molecule has 0 aliphatic carbocycles. The van der Waals surface area contributed by atoms with E-state index in [2.05, 4.69) is 50.5 Å². The van der Waals surface area contributed by atoms with Gasteiger partial charge in [-0.25, -0.2) is 4.52 Å². The molecule has 1 fully saturated rings. The standard InChI is InChI=1S/C14H20BrN5/c1-14(2)6-4-7-16-11(14)9-17-13-18-12-10(15)5-3-8-20(12)19-13/h3,5,8,11,16H,4,6-7,9H2,1-2H3,(H,17,19). The lowest BCUT2D eigenvalue weighted by molar-refractivity contribution is 0.188. The van der Waals surface area contributed by atoms with E-state index in [9.17, 15) is 0 Å². The Balaban J connectivity index is 1.72. The van der Waals surface area contributed by atoms with E-state index in [1.54, 1.807) is 4.52 Å². The highest BCUT2D eigenvalue weighted by atomic mass is 79.9. The first-order valence-corrected chi connectivity index (χ1v) is 7.84. The van der Waals surface area contributed by atoms with E-state index < -0.39 is 0 Å². The van der Waals surface area contributed by atoms with Gasteiger partial charge in [0.1, 0.15) is 0 Å². The lowest BCUT2D eigenvalue weighted by Crippen LogP contribution is -2.50. The van der Waals surface area contributed by atoms with Crippen molar-refractivity contribution in [3.8, 4) is 0 Å². The maximum absolute atomic E-state index is 4.51. The van der Waals surface area contributed by atoms with Crippen molar-refractivity contribution in [3.63, 3.8) is 0 Å². The van der Waals surface area contributed by atoms with Gasteiger partial charge in [-0.3, -0.25) is 0 Å². The fraction of sp³-hybridized carbons (Fsp3) is 0.571. The normalized spacial score (nSPS) is 22.1. The van der Waals surface area contributed by atoms with Crippen LogP contribution in [0.25, 0.3) is 5.65 Å². The van der Waals surface area contributed by atoms with Crippen LogP contribution in [0, 0.1) is 5.41 Å². The molecule has 0 spiro atoms. The third-order valence-corrected chi connectivity index (χ3v) is 4.73. The summed E-state index contributed by atoms with van der Waals surface area (Å²) in [6.07, 6.45) is 4.42. The Kier molecular flexibility index (Phi) is 3.69. The fourth-order valence-corrected chi connectivity index (χ4v) is 3.18. The molecule has 2 aromatic rings. The van der Waals surface area contributed by atoms with Crippen LogP contribution in [0.1, 0.15) is 26.7 Å². The second-order valence-corrected chi connectivity index (χ2v) is 6.89. The van der Waals surface area contributed by atoms with Crippen LogP contribution in [-0.2, 0) is 0 Å². The van der Waals surface area contributed by atoms with Crippen molar-refractivity contribution in [1.82, 2.24) is 19.9 Å². The summed E-state index contributed by atoms with van der Waals surface area (Å²) in [6.45, 7) is 6.58. The number of nitrogens with one attached hydrogen (secondary N) is 2. The first-order chi connectivity index (χ1) is 9.56. The number of hydrogen-bond acceptors (Lipinski definition) is 4. The average molecular weight is 338 g/mol. The number of pyridine rings is 1. The van der Waals surface area contributed by atoms with Crippen LogP contribution in [0.3, 0.4) is 0 Å². The SMILES string of the molecule is CC1(C)CCCNC1CNc1nc2c(Br)cccn2n1. The van der Waals surface area contributed by atoms with Crippen LogP contribution >= 0.6 is 15.9 Å². The molecule has 0 radical (unpaired) electrons. The largest absolute Gasteiger partial charge is 0.351 e. The lowest BCUT2D eigenvalue weighted by Gasteiger charge is -2.39. The van der Waals surface area contributed by atoms with E-state index in [0.717, 1.165) is 23.2 Å². The summed E-state index contributed by atoms with van der Waals surface area (Å²) >= 11 is 3.49. The van der Waals surface area contributed by atoms with Crippen LogP contribution in [0.2, 0.25) is 0 Å². The second-order valence-electron chi connectivity index (χ2n) is 6.04. The van der Waals surface area contributed by atoms with Gasteiger partial charge >= 0.3 is 0 Å². The van der Waals surface area contributed by atoms with Gasteiger partial charge in [-0.1, -0.05) is 13.8 Å². The minimum absolute atomic E-state index is 0.311. The molecule has 6 heteroatoms. The van der Waals surface area contributed by atoms with Crippen molar-refractivity contribution in [1.29, 1.82) is 0 Å². The van der Waals surface area contributed by atoms with Gasteiger partial charge in [0.25, 0.3) is 0 Å². The van der Waals surface area contributed by atoms with Crippen LogP contribution in [0.4, 0.5) is 5.95 Å². The molecule has 5 nitrogen and oxygen atoms in total. The highest BCUT2D eigenvalue weighted by Gasteiger charge is 2.31. The first-order valence-electron chi connectivity index (χ1n) is 7.04. The summed E-state index contributed by atoms with van der Waals surface area (Å²) in [7, 11) is 0. The van der Waals surface area contributed by atoms with Gasteiger partial charge in [0, 0.05) is 18.8 Å². The van der Waals surface area contributed by atoms with E-state index in [0.29, 0.717) is 17.4 Å². The molecule has 1 saturated heterocycles. The van der Waals surface area contributed by atoms with E-state index in [-0.39, 0.29) is 0 Å². The molecule has 2 aromatic heterocycles. The van der Waals surface area contributed by atoms with Gasteiger partial charge < -0.3 is 10.6 Å². The van der Waals surface area contributed by atoms with Crippen LogP contribution < -0.4 is 10.6 Å². The van der Waals surface area contributed by atoms with E-state index in [1.165, 1.54) is 12.8 Å². The molecular weight excluding hydrogens is 318 g/mol. The van der Waals surface area contributed by atoms with Gasteiger partial charge in [-0.15, -0.1) is 5.10 Å². The Morgan fingerprint density at radius 1 is 1.55 bits per heavy atom. The summed E-state index contributed by atoms with van der Waals surface area (Å²) in [5.74, 6) is 0.681. The molecule has 0 amide bonds. The molecular formula is C14H20BrN5. The Morgan fingerprint density at radius 2 is 2.40 bits per heavy atom. The number of nitrogens with zero attached hydrogens (tertiary/aromatic N) is 3. The Hall–Kier alpha value is -1.14. The summed E-state index contributed by atoms with van der Waals surface area (Å²) in [5.41, 5.74) is 1.15. The third kappa shape index (κ3) is 2.67. The molecule has 3 heterocycles. The zero-order valence-electron chi connectivity index (χ0n) is 11.9. The van der Waals surface area contributed by atoms with Crippen molar-refractivity contribution in [3.05, 3.63) is 22.8 Å². The minimum Gasteiger partial charge on any atom is -0.351 e. The highest BCUT2D eigenvalue weighted by molar-refractivity contribution is 9.10. The van der Waals surface area contributed by atoms with Gasteiger partial charge in [0.15, 0.2) is 5.65 Å². The summed E-state index contributed by atoms with van der Waals surface area (Å²) in [6, 6.07) is 4.37. The van der Waals surface area contributed by atoms with Crippen molar-refractivity contribution in [2.45, 2.75) is 32.7 Å². The van der Waals surface area contributed by atoms with Crippen LogP contribution in [0.5, 0.6) is 0 Å².